The zero-order valence-electron chi connectivity index (χ0n) is 16.2. The molecule has 0 aliphatic carbocycles. The molecule has 0 aromatic heterocycles. The molecule has 1 amide bonds. The predicted molar refractivity (Wildman–Crippen MR) is 106 cm³/mol. The molecule has 6 heteroatoms. The van der Waals surface area contributed by atoms with Crippen LogP contribution < -0.4 is 25.3 Å². The van der Waals surface area contributed by atoms with Crippen molar-refractivity contribution in [2.24, 2.45) is 5.73 Å². The van der Waals surface area contributed by atoms with Gasteiger partial charge in [0.1, 0.15) is 19.0 Å². The molecule has 0 heterocycles. The van der Waals surface area contributed by atoms with E-state index in [4.69, 9.17) is 19.9 Å². The molecule has 0 aliphatic rings. The Morgan fingerprint density at radius 3 is 2.37 bits per heavy atom. The van der Waals surface area contributed by atoms with Gasteiger partial charge < -0.3 is 25.3 Å². The zero-order valence-corrected chi connectivity index (χ0v) is 16.2. The summed E-state index contributed by atoms with van der Waals surface area (Å²) in [5.74, 6) is 1.74. The van der Waals surface area contributed by atoms with Gasteiger partial charge in [-0.3, -0.25) is 4.79 Å². The Hall–Kier alpha value is -2.73. The lowest BCUT2D eigenvalue weighted by atomic mass is 10.1. The van der Waals surface area contributed by atoms with Crippen molar-refractivity contribution < 1.29 is 19.0 Å². The molecule has 0 radical (unpaired) electrons. The zero-order chi connectivity index (χ0) is 19.6. The number of primary amides is 1. The number of ether oxygens (including phenoxy) is 3. The molecule has 0 atom stereocenters. The number of amides is 1. The molecule has 0 aliphatic heterocycles. The van der Waals surface area contributed by atoms with E-state index in [1.54, 1.807) is 19.2 Å². The molecule has 2 aromatic carbocycles. The number of hydrogen-bond acceptors (Lipinski definition) is 5. The van der Waals surface area contributed by atoms with Gasteiger partial charge in [-0.25, -0.2) is 0 Å². The normalized spacial score (nSPS) is 10.5. The fraction of sp³-hybridized carbons (Fsp3) is 0.381. The molecule has 0 saturated heterocycles. The molecule has 6 nitrogen and oxygen atoms in total. The van der Waals surface area contributed by atoms with Gasteiger partial charge in [-0.05, 0) is 54.8 Å². The quantitative estimate of drug-likeness (QED) is 0.592. The summed E-state index contributed by atoms with van der Waals surface area (Å²) in [6.45, 7) is 6.66. The topological polar surface area (TPSA) is 82.8 Å². The van der Waals surface area contributed by atoms with Crippen LogP contribution in [0.15, 0.2) is 36.4 Å². The van der Waals surface area contributed by atoms with E-state index in [9.17, 15) is 4.79 Å². The second kappa shape index (κ2) is 10.4. The minimum atomic E-state index is -0.377. The molecule has 27 heavy (non-hydrogen) atoms. The van der Waals surface area contributed by atoms with Crippen LogP contribution in [0, 0.1) is 13.8 Å². The summed E-state index contributed by atoms with van der Waals surface area (Å²) < 4.78 is 16.8. The van der Waals surface area contributed by atoms with Gasteiger partial charge in [0.25, 0.3) is 0 Å². The van der Waals surface area contributed by atoms with Crippen molar-refractivity contribution in [1.82, 2.24) is 5.32 Å². The SMILES string of the molecule is COc1cc(CC(N)=O)ccc1OCCNCCOc1ccc(C)c(C)c1. The lowest BCUT2D eigenvalue weighted by molar-refractivity contribution is -0.117. The monoisotopic (exact) mass is 372 g/mol. The summed E-state index contributed by atoms with van der Waals surface area (Å²) in [4.78, 5) is 11.0. The van der Waals surface area contributed by atoms with E-state index in [2.05, 4.69) is 25.2 Å². The number of nitrogens with one attached hydrogen (secondary N) is 1. The number of nitrogens with two attached hydrogens (primary N) is 1. The van der Waals surface area contributed by atoms with Gasteiger partial charge in [0, 0.05) is 13.1 Å². The molecule has 2 aromatic rings. The molecule has 0 bridgehead atoms. The van der Waals surface area contributed by atoms with Gasteiger partial charge in [0.15, 0.2) is 11.5 Å². The molecule has 146 valence electrons. The number of benzene rings is 2. The van der Waals surface area contributed by atoms with Crippen LogP contribution in [0.3, 0.4) is 0 Å². The molecular formula is C21H28N2O4. The Bertz CT molecular complexity index is 762. The molecule has 0 unspecified atom stereocenters. The van der Waals surface area contributed by atoms with E-state index in [0.717, 1.165) is 17.9 Å². The van der Waals surface area contributed by atoms with Crippen LogP contribution in [0.4, 0.5) is 0 Å². The minimum absolute atomic E-state index is 0.179. The lowest BCUT2D eigenvalue weighted by Gasteiger charge is -2.13. The Balaban J connectivity index is 1.67. The number of aryl methyl sites for hydroxylation is 2. The van der Waals surface area contributed by atoms with Gasteiger partial charge in [-0.15, -0.1) is 0 Å². The van der Waals surface area contributed by atoms with Crippen molar-refractivity contribution in [3.63, 3.8) is 0 Å². The van der Waals surface area contributed by atoms with E-state index >= 15 is 0 Å². The molecule has 0 fully saturated rings. The van der Waals surface area contributed by atoms with Crippen LogP contribution in [-0.4, -0.2) is 39.3 Å². The standard InChI is InChI=1S/C21H28N2O4/c1-15-4-6-18(12-16(15)2)26-10-8-23-9-11-27-19-7-5-17(14-21(22)24)13-20(19)25-3/h4-7,12-13,23H,8-11,14H2,1-3H3,(H2,22,24). The number of hydrogen-bond donors (Lipinski definition) is 2. The summed E-state index contributed by atoms with van der Waals surface area (Å²) >= 11 is 0. The highest BCUT2D eigenvalue weighted by Crippen LogP contribution is 2.28. The fourth-order valence-corrected chi connectivity index (χ4v) is 2.55. The Morgan fingerprint density at radius 2 is 1.70 bits per heavy atom. The maximum Gasteiger partial charge on any atom is 0.221 e. The van der Waals surface area contributed by atoms with Crippen LogP contribution in [0.5, 0.6) is 17.2 Å². The molecule has 2 rings (SSSR count). The second-order valence-electron chi connectivity index (χ2n) is 6.32. The molecule has 3 N–H and O–H groups in total. The minimum Gasteiger partial charge on any atom is -0.493 e. The number of rotatable bonds is 11. The number of carbonyl (C=O) groups is 1. The predicted octanol–water partition coefficient (Wildman–Crippen LogP) is 2.39. The first-order chi connectivity index (χ1) is 13.0. The van der Waals surface area contributed by atoms with Gasteiger partial charge in [-0.1, -0.05) is 12.1 Å². The van der Waals surface area contributed by atoms with E-state index in [1.165, 1.54) is 11.1 Å². The molecule has 0 spiro atoms. The van der Waals surface area contributed by atoms with E-state index < -0.39 is 0 Å². The Morgan fingerprint density at radius 1 is 0.963 bits per heavy atom. The van der Waals surface area contributed by atoms with E-state index in [0.29, 0.717) is 31.3 Å². The summed E-state index contributed by atoms with van der Waals surface area (Å²) in [5, 5.41) is 3.27. The van der Waals surface area contributed by atoms with Crippen LogP contribution in [0.25, 0.3) is 0 Å². The fourth-order valence-electron chi connectivity index (χ4n) is 2.55. The summed E-state index contributed by atoms with van der Waals surface area (Å²) in [6.07, 6.45) is 0.179. The highest BCUT2D eigenvalue weighted by atomic mass is 16.5. The third-order valence-corrected chi connectivity index (χ3v) is 4.17. The highest BCUT2D eigenvalue weighted by Gasteiger charge is 2.07. The van der Waals surface area contributed by atoms with Crippen molar-refractivity contribution >= 4 is 5.91 Å². The maximum absolute atomic E-state index is 11.0. The van der Waals surface area contributed by atoms with Crippen molar-refractivity contribution in [3.05, 3.63) is 53.1 Å². The first-order valence-electron chi connectivity index (χ1n) is 8.98. The van der Waals surface area contributed by atoms with E-state index in [-0.39, 0.29) is 12.3 Å². The van der Waals surface area contributed by atoms with Crippen LogP contribution in [0.1, 0.15) is 16.7 Å². The van der Waals surface area contributed by atoms with Gasteiger partial charge >= 0.3 is 0 Å². The Labute approximate surface area is 160 Å². The smallest absolute Gasteiger partial charge is 0.221 e. The average molecular weight is 372 g/mol. The third-order valence-electron chi connectivity index (χ3n) is 4.17. The Kier molecular flexibility index (Phi) is 7.95. The van der Waals surface area contributed by atoms with E-state index in [1.807, 2.05) is 18.2 Å². The van der Waals surface area contributed by atoms with Crippen molar-refractivity contribution in [2.45, 2.75) is 20.3 Å². The summed E-state index contributed by atoms with van der Waals surface area (Å²) in [6, 6.07) is 11.5. The largest absolute Gasteiger partial charge is 0.493 e. The molecular weight excluding hydrogens is 344 g/mol. The maximum atomic E-state index is 11.0. The summed E-state index contributed by atoms with van der Waals surface area (Å²) in [5.41, 5.74) is 8.50. The van der Waals surface area contributed by atoms with Gasteiger partial charge in [0.05, 0.1) is 13.5 Å². The average Bonchev–Trinajstić information content (AvgIpc) is 2.64. The molecule has 0 saturated carbocycles. The number of methoxy groups -OCH3 is 1. The third kappa shape index (κ3) is 6.83. The highest BCUT2D eigenvalue weighted by molar-refractivity contribution is 5.76. The second-order valence-corrected chi connectivity index (χ2v) is 6.32. The number of carbonyl (C=O) groups excluding carboxylic acids is 1. The van der Waals surface area contributed by atoms with Gasteiger partial charge in [-0.2, -0.15) is 0 Å². The van der Waals surface area contributed by atoms with Gasteiger partial charge in [0.2, 0.25) is 5.91 Å². The van der Waals surface area contributed by atoms with Crippen molar-refractivity contribution in [1.29, 1.82) is 0 Å². The summed E-state index contributed by atoms with van der Waals surface area (Å²) in [7, 11) is 1.57. The van der Waals surface area contributed by atoms with Crippen molar-refractivity contribution in [3.8, 4) is 17.2 Å². The van der Waals surface area contributed by atoms with Crippen LogP contribution in [0.2, 0.25) is 0 Å². The first-order valence-corrected chi connectivity index (χ1v) is 8.98. The van der Waals surface area contributed by atoms with Crippen LogP contribution in [-0.2, 0) is 11.2 Å². The first kappa shape index (κ1) is 20.6. The lowest BCUT2D eigenvalue weighted by Crippen LogP contribution is -2.26. The van der Waals surface area contributed by atoms with Crippen molar-refractivity contribution in [2.75, 3.05) is 33.4 Å². The van der Waals surface area contributed by atoms with Crippen LogP contribution >= 0.6 is 0 Å².